The Kier molecular flexibility index (Phi) is 3.86. The number of aromatic amines is 1. The fraction of sp³-hybridized carbons (Fsp3) is 0.261. The number of aryl methyl sites for hydroxylation is 2. The van der Waals surface area contributed by atoms with Gasteiger partial charge in [0.25, 0.3) is 5.56 Å². The molecular weight excluding hydrogens is 334 g/mol. The van der Waals surface area contributed by atoms with Crippen LogP contribution in [0.4, 0.5) is 0 Å². The van der Waals surface area contributed by atoms with Gasteiger partial charge in [-0.05, 0) is 73.0 Å². The van der Waals surface area contributed by atoms with Crippen molar-refractivity contribution < 1.29 is 0 Å². The van der Waals surface area contributed by atoms with E-state index >= 15 is 0 Å². The summed E-state index contributed by atoms with van der Waals surface area (Å²) in [6.45, 7) is 3.74. The lowest BCUT2D eigenvalue weighted by Crippen LogP contribution is -2.27. The average Bonchev–Trinajstić information content (AvgIpc) is 3.11. The van der Waals surface area contributed by atoms with Crippen LogP contribution in [0.3, 0.4) is 0 Å². The van der Waals surface area contributed by atoms with Crippen LogP contribution in [0, 0.1) is 29.6 Å². The number of fused-ring (bicyclic) bond motifs is 2. The Labute approximate surface area is 157 Å². The number of pyridine rings is 1. The van der Waals surface area contributed by atoms with Crippen LogP contribution < -0.4 is 5.56 Å². The summed E-state index contributed by atoms with van der Waals surface area (Å²) in [6, 6.07) is 18.2. The Morgan fingerprint density at radius 2 is 1.96 bits per heavy atom. The molecule has 0 amide bonds. The Hall–Kier alpha value is -3.37. The highest BCUT2D eigenvalue weighted by molar-refractivity contribution is 5.80. The fourth-order valence-corrected chi connectivity index (χ4v) is 4.25. The van der Waals surface area contributed by atoms with Crippen molar-refractivity contribution in [1.82, 2.24) is 4.98 Å². The summed E-state index contributed by atoms with van der Waals surface area (Å²) in [7, 11) is 0. The molecule has 1 heterocycles. The lowest BCUT2D eigenvalue weighted by molar-refractivity contribution is 0.469. The largest absolute Gasteiger partial charge is 0.322 e. The van der Waals surface area contributed by atoms with E-state index in [4.69, 9.17) is 0 Å². The predicted molar refractivity (Wildman–Crippen MR) is 104 cm³/mol. The highest BCUT2D eigenvalue weighted by atomic mass is 16.1. The van der Waals surface area contributed by atoms with Gasteiger partial charge in [0.05, 0.1) is 23.1 Å². The van der Waals surface area contributed by atoms with E-state index in [2.05, 4.69) is 17.1 Å². The maximum absolute atomic E-state index is 12.0. The zero-order valence-electron chi connectivity index (χ0n) is 15.3. The van der Waals surface area contributed by atoms with E-state index in [1.54, 1.807) is 6.92 Å². The second kappa shape index (κ2) is 6.11. The molecule has 27 heavy (non-hydrogen) atoms. The number of nitrogens with one attached hydrogen (secondary N) is 1. The first-order valence-corrected chi connectivity index (χ1v) is 9.04. The van der Waals surface area contributed by atoms with Gasteiger partial charge in [-0.1, -0.05) is 18.2 Å². The van der Waals surface area contributed by atoms with Gasteiger partial charge in [-0.25, -0.2) is 0 Å². The zero-order chi connectivity index (χ0) is 19.2. The van der Waals surface area contributed by atoms with Crippen molar-refractivity contribution in [3.05, 3.63) is 80.6 Å². The molecule has 1 N–H and O–H groups in total. The predicted octanol–water partition coefficient (Wildman–Crippen LogP) is 4.22. The molecule has 2 aromatic carbocycles. The third kappa shape index (κ3) is 2.62. The van der Waals surface area contributed by atoms with Crippen LogP contribution >= 0.6 is 0 Å². The topological polar surface area (TPSA) is 80.4 Å². The number of hydrogen-bond acceptors (Lipinski definition) is 3. The van der Waals surface area contributed by atoms with E-state index in [-0.39, 0.29) is 11.5 Å². The molecule has 0 radical (unpaired) electrons. The van der Waals surface area contributed by atoms with E-state index in [0.717, 1.165) is 34.9 Å². The molecule has 2 unspecified atom stereocenters. The molecule has 0 bridgehead atoms. The van der Waals surface area contributed by atoms with Crippen LogP contribution in [0.1, 0.15) is 47.1 Å². The Morgan fingerprint density at radius 3 is 2.70 bits per heavy atom. The standard InChI is InChI=1S/C23H19N3O/c1-14-9-17-5-7-18(11-21(17)26-22(14)27)23(2,13-25)20-8-6-16-4-3-15(12-24)10-19(16)20/h3-5,7,9-11,20H,6,8H2,1-2H3,(H,26,27). The fourth-order valence-electron chi connectivity index (χ4n) is 4.25. The summed E-state index contributed by atoms with van der Waals surface area (Å²) < 4.78 is 0. The number of benzene rings is 2. The molecule has 4 rings (SSSR count). The molecule has 132 valence electrons. The summed E-state index contributed by atoms with van der Waals surface area (Å²) in [5.41, 5.74) is 4.39. The molecule has 1 aliphatic rings. The van der Waals surface area contributed by atoms with Crippen LogP contribution in [0.25, 0.3) is 10.9 Å². The number of H-pyrrole nitrogens is 1. The van der Waals surface area contributed by atoms with Gasteiger partial charge in [0.15, 0.2) is 0 Å². The SMILES string of the molecule is Cc1cc2ccc(C(C)(C#N)C3CCc4ccc(C#N)cc43)cc2[nH]c1=O. The van der Waals surface area contributed by atoms with E-state index in [1.165, 1.54) is 5.56 Å². The van der Waals surface area contributed by atoms with Crippen molar-refractivity contribution in [3.63, 3.8) is 0 Å². The van der Waals surface area contributed by atoms with Crippen molar-refractivity contribution in [2.75, 3.05) is 0 Å². The second-order valence-corrected chi connectivity index (χ2v) is 7.51. The van der Waals surface area contributed by atoms with Crippen LogP contribution in [-0.2, 0) is 11.8 Å². The number of rotatable bonds is 2. The molecule has 1 aromatic heterocycles. The molecule has 3 aromatic rings. The second-order valence-electron chi connectivity index (χ2n) is 7.51. The Bertz CT molecular complexity index is 1210. The molecule has 0 fully saturated rings. The van der Waals surface area contributed by atoms with Gasteiger partial charge < -0.3 is 4.98 Å². The third-order valence-electron chi connectivity index (χ3n) is 5.91. The van der Waals surface area contributed by atoms with Crippen molar-refractivity contribution in [2.45, 2.75) is 38.0 Å². The molecule has 4 nitrogen and oxygen atoms in total. The van der Waals surface area contributed by atoms with Gasteiger partial charge >= 0.3 is 0 Å². The minimum absolute atomic E-state index is 0.0143. The highest BCUT2D eigenvalue weighted by Crippen LogP contribution is 2.47. The Morgan fingerprint density at radius 1 is 1.15 bits per heavy atom. The first-order chi connectivity index (χ1) is 13.0. The summed E-state index contributed by atoms with van der Waals surface area (Å²) in [5.74, 6) is 0.0143. The van der Waals surface area contributed by atoms with E-state index in [0.29, 0.717) is 11.1 Å². The van der Waals surface area contributed by atoms with Gasteiger partial charge in [-0.2, -0.15) is 10.5 Å². The van der Waals surface area contributed by atoms with Crippen LogP contribution in [0.2, 0.25) is 0 Å². The first-order valence-electron chi connectivity index (χ1n) is 9.04. The first kappa shape index (κ1) is 17.1. The molecular formula is C23H19N3O. The molecule has 4 heteroatoms. The molecule has 2 atom stereocenters. The van der Waals surface area contributed by atoms with Crippen molar-refractivity contribution >= 4 is 10.9 Å². The van der Waals surface area contributed by atoms with Gasteiger partial charge in [0, 0.05) is 17.0 Å². The summed E-state index contributed by atoms with van der Waals surface area (Å²) in [6.07, 6.45) is 1.78. The summed E-state index contributed by atoms with van der Waals surface area (Å²) >= 11 is 0. The lowest BCUT2D eigenvalue weighted by atomic mass is 9.70. The van der Waals surface area contributed by atoms with Crippen LogP contribution in [0.15, 0.2) is 47.3 Å². The zero-order valence-corrected chi connectivity index (χ0v) is 15.3. The van der Waals surface area contributed by atoms with Gasteiger partial charge in [-0.3, -0.25) is 4.79 Å². The lowest BCUT2D eigenvalue weighted by Gasteiger charge is -2.30. The van der Waals surface area contributed by atoms with E-state index in [1.807, 2.05) is 49.4 Å². The van der Waals surface area contributed by atoms with Crippen molar-refractivity contribution in [3.8, 4) is 12.1 Å². The maximum Gasteiger partial charge on any atom is 0.251 e. The minimum Gasteiger partial charge on any atom is -0.322 e. The Balaban J connectivity index is 1.86. The molecule has 0 saturated carbocycles. The van der Waals surface area contributed by atoms with Crippen LogP contribution in [-0.4, -0.2) is 4.98 Å². The number of aromatic nitrogens is 1. The maximum atomic E-state index is 12.0. The van der Waals surface area contributed by atoms with Crippen molar-refractivity contribution in [1.29, 1.82) is 10.5 Å². The molecule has 0 aliphatic heterocycles. The van der Waals surface area contributed by atoms with Crippen LogP contribution in [0.5, 0.6) is 0 Å². The monoisotopic (exact) mass is 353 g/mol. The van der Waals surface area contributed by atoms with E-state index in [9.17, 15) is 15.3 Å². The van der Waals surface area contributed by atoms with Gasteiger partial charge in [-0.15, -0.1) is 0 Å². The minimum atomic E-state index is -0.741. The molecule has 0 spiro atoms. The normalized spacial score (nSPS) is 17.7. The quantitative estimate of drug-likeness (QED) is 0.749. The summed E-state index contributed by atoms with van der Waals surface area (Å²) in [5, 5.41) is 20.3. The average molecular weight is 353 g/mol. The summed E-state index contributed by atoms with van der Waals surface area (Å²) in [4.78, 5) is 14.9. The highest BCUT2D eigenvalue weighted by Gasteiger charge is 2.41. The number of nitrogens with zero attached hydrogens (tertiary/aromatic N) is 2. The number of nitriles is 2. The van der Waals surface area contributed by atoms with E-state index < -0.39 is 5.41 Å². The van der Waals surface area contributed by atoms with Gasteiger partial charge in [0.1, 0.15) is 0 Å². The number of hydrogen-bond donors (Lipinski definition) is 1. The smallest absolute Gasteiger partial charge is 0.251 e. The third-order valence-corrected chi connectivity index (χ3v) is 5.91. The van der Waals surface area contributed by atoms with Gasteiger partial charge in [0.2, 0.25) is 0 Å². The molecule has 1 aliphatic carbocycles. The molecule has 0 saturated heterocycles. The van der Waals surface area contributed by atoms with Crippen molar-refractivity contribution in [2.24, 2.45) is 0 Å².